The van der Waals surface area contributed by atoms with Crippen molar-refractivity contribution in [1.29, 1.82) is 0 Å². The molecule has 0 aliphatic heterocycles. The van der Waals surface area contributed by atoms with E-state index >= 15 is 0 Å². The highest BCUT2D eigenvalue weighted by Crippen LogP contribution is 2.24. The third-order valence-electron chi connectivity index (χ3n) is 5.00. The van der Waals surface area contributed by atoms with Gasteiger partial charge in [-0.25, -0.2) is 8.42 Å². The van der Waals surface area contributed by atoms with Gasteiger partial charge in [-0.3, -0.25) is 14.1 Å². The van der Waals surface area contributed by atoms with Gasteiger partial charge in [-0.1, -0.05) is 36.8 Å². The zero-order valence-electron chi connectivity index (χ0n) is 17.9. The van der Waals surface area contributed by atoms with E-state index in [0.29, 0.717) is 17.8 Å². The largest absolute Gasteiger partial charge is 0.324 e. The molecule has 1 aromatic heterocycles. The highest BCUT2D eigenvalue weighted by Gasteiger charge is 2.31. The minimum atomic E-state index is -3.65. The first kappa shape index (κ1) is 22.5. The first-order chi connectivity index (χ1) is 14.8. The van der Waals surface area contributed by atoms with E-state index < -0.39 is 16.1 Å². The van der Waals surface area contributed by atoms with Gasteiger partial charge in [-0.2, -0.15) is 0 Å². The summed E-state index contributed by atoms with van der Waals surface area (Å²) in [6.45, 7) is 3.73. The van der Waals surface area contributed by atoms with Crippen LogP contribution in [0.1, 0.15) is 30.0 Å². The molecule has 0 spiro atoms. The van der Waals surface area contributed by atoms with Crippen molar-refractivity contribution in [2.24, 2.45) is 0 Å². The summed E-state index contributed by atoms with van der Waals surface area (Å²) in [4.78, 5) is 17.0. The number of aromatic nitrogens is 1. The van der Waals surface area contributed by atoms with Crippen molar-refractivity contribution >= 4 is 27.3 Å². The maximum absolute atomic E-state index is 13.0. The monoisotopic (exact) mass is 437 g/mol. The number of rotatable bonds is 8. The number of aryl methyl sites for hydroxylation is 1. The van der Waals surface area contributed by atoms with Crippen LogP contribution in [0.5, 0.6) is 0 Å². The molecule has 3 rings (SSSR count). The second-order valence-electron chi connectivity index (χ2n) is 7.54. The number of anilines is 2. The van der Waals surface area contributed by atoms with E-state index in [1.165, 1.54) is 4.31 Å². The number of sulfonamides is 1. The Morgan fingerprint density at radius 2 is 1.55 bits per heavy atom. The van der Waals surface area contributed by atoms with Crippen LogP contribution in [-0.2, 0) is 21.2 Å². The number of benzene rings is 2. The van der Waals surface area contributed by atoms with Crippen LogP contribution in [0, 0.1) is 6.92 Å². The number of pyridine rings is 1. The molecule has 0 saturated heterocycles. The Morgan fingerprint density at radius 3 is 2.10 bits per heavy atom. The van der Waals surface area contributed by atoms with Gasteiger partial charge in [-0.15, -0.1) is 0 Å². The molecule has 0 unspecified atom stereocenters. The second kappa shape index (κ2) is 9.75. The van der Waals surface area contributed by atoms with Crippen molar-refractivity contribution in [3.8, 4) is 0 Å². The maximum Gasteiger partial charge on any atom is 0.248 e. The molecule has 1 N–H and O–H groups in total. The van der Waals surface area contributed by atoms with Crippen molar-refractivity contribution in [2.45, 2.75) is 32.7 Å². The number of amides is 1. The van der Waals surface area contributed by atoms with E-state index in [1.54, 1.807) is 31.5 Å². The highest BCUT2D eigenvalue weighted by atomic mass is 32.2. The summed E-state index contributed by atoms with van der Waals surface area (Å²) in [5.74, 6) is -0.365. The second-order valence-corrected chi connectivity index (χ2v) is 9.40. The standard InChI is InChI=1S/C24H27N3O3S/c1-4-23(27(31(3,29)30)22-11-5-18(2)6-12-22)24(28)26-21-9-7-19(8-10-21)17-20-13-15-25-16-14-20/h5-16,23H,4,17H2,1-3H3,(H,26,28)/t23-/m0/s1. The molecule has 0 radical (unpaired) electrons. The Bertz CT molecular complexity index is 1110. The van der Waals surface area contributed by atoms with Crippen LogP contribution in [0.3, 0.4) is 0 Å². The van der Waals surface area contributed by atoms with E-state index in [4.69, 9.17) is 0 Å². The van der Waals surface area contributed by atoms with Crippen LogP contribution in [0.2, 0.25) is 0 Å². The maximum atomic E-state index is 13.0. The molecule has 2 aromatic carbocycles. The Labute approximate surface area is 184 Å². The fourth-order valence-electron chi connectivity index (χ4n) is 3.42. The van der Waals surface area contributed by atoms with Gasteiger partial charge in [0.05, 0.1) is 11.9 Å². The summed E-state index contributed by atoms with van der Waals surface area (Å²) in [5.41, 5.74) is 4.37. The van der Waals surface area contributed by atoms with Crippen LogP contribution in [0.15, 0.2) is 73.1 Å². The lowest BCUT2D eigenvalue weighted by atomic mass is 10.1. The molecule has 162 valence electrons. The van der Waals surface area contributed by atoms with E-state index in [-0.39, 0.29) is 5.91 Å². The Morgan fingerprint density at radius 1 is 0.968 bits per heavy atom. The minimum absolute atomic E-state index is 0.340. The number of carbonyl (C=O) groups excluding carboxylic acids is 1. The lowest BCUT2D eigenvalue weighted by Crippen LogP contribution is -2.47. The molecule has 7 heteroatoms. The Kier molecular flexibility index (Phi) is 7.07. The fraction of sp³-hybridized carbons (Fsp3) is 0.250. The smallest absolute Gasteiger partial charge is 0.248 e. The van der Waals surface area contributed by atoms with Gasteiger partial charge in [0.1, 0.15) is 6.04 Å². The molecular formula is C24H27N3O3S. The molecule has 31 heavy (non-hydrogen) atoms. The van der Waals surface area contributed by atoms with Gasteiger partial charge in [0.2, 0.25) is 15.9 Å². The summed E-state index contributed by atoms with van der Waals surface area (Å²) in [6, 6.07) is 17.7. The predicted octanol–water partition coefficient (Wildman–Crippen LogP) is 4.16. The van der Waals surface area contributed by atoms with Crippen LogP contribution >= 0.6 is 0 Å². The van der Waals surface area contributed by atoms with Crippen LogP contribution in [0.25, 0.3) is 0 Å². The number of hydrogen-bond donors (Lipinski definition) is 1. The number of hydrogen-bond acceptors (Lipinski definition) is 4. The van der Waals surface area contributed by atoms with E-state index in [9.17, 15) is 13.2 Å². The molecule has 3 aromatic rings. The van der Waals surface area contributed by atoms with Crippen molar-refractivity contribution in [1.82, 2.24) is 4.98 Å². The average molecular weight is 438 g/mol. The molecule has 6 nitrogen and oxygen atoms in total. The van der Waals surface area contributed by atoms with E-state index in [2.05, 4.69) is 10.3 Å². The van der Waals surface area contributed by atoms with Crippen molar-refractivity contribution in [2.75, 3.05) is 15.9 Å². The lowest BCUT2D eigenvalue weighted by molar-refractivity contribution is -0.117. The molecule has 0 aliphatic rings. The topological polar surface area (TPSA) is 79.4 Å². The summed E-state index contributed by atoms with van der Waals surface area (Å²) in [7, 11) is -3.65. The van der Waals surface area contributed by atoms with Crippen LogP contribution < -0.4 is 9.62 Å². The molecule has 1 heterocycles. The van der Waals surface area contributed by atoms with E-state index in [1.807, 2.05) is 55.5 Å². The molecule has 0 saturated carbocycles. The number of carbonyl (C=O) groups is 1. The van der Waals surface area contributed by atoms with Gasteiger partial charge in [0.25, 0.3) is 0 Å². The molecule has 0 bridgehead atoms. The third kappa shape index (κ3) is 5.92. The first-order valence-corrected chi connectivity index (χ1v) is 12.0. The minimum Gasteiger partial charge on any atom is -0.324 e. The molecule has 1 atom stereocenters. The van der Waals surface area contributed by atoms with E-state index in [0.717, 1.165) is 29.4 Å². The average Bonchev–Trinajstić information content (AvgIpc) is 2.74. The van der Waals surface area contributed by atoms with Gasteiger partial charge >= 0.3 is 0 Å². The molecule has 0 aliphatic carbocycles. The Balaban J connectivity index is 1.77. The normalized spacial score (nSPS) is 12.2. The zero-order valence-corrected chi connectivity index (χ0v) is 18.8. The predicted molar refractivity (Wildman–Crippen MR) is 125 cm³/mol. The van der Waals surface area contributed by atoms with Gasteiger partial charge in [-0.05, 0) is 67.3 Å². The van der Waals surface area contributed by atoms with Gasteiger partial charge in [0.15, 0.2) is 0 Å². The molecular weight excluding hydrogens is 410 g/mol. The van der Waals surface area contributed by atoms with Crippen molar-refractivity contribution < 1.29 is 13.2 Å². The number of nitrogens with one attached hydrogen (secondary N) is 1. The van der Waals surface area contributed by atoms with Crippen molar-refractivity contribution in [3.63, 3.8) is 0 Å². The highest BCUT2D eigenvalue weighted by molar-refractivity contribution is 7.92. The van der Waals surface area contributed by atoms with Crippen LogP contribution in [-0.4, -0.2) is 31.6 Å². The Hall–Kier alpha value is -3.19. The van der Waals surface area contributed by atoms with Crippen LogP contribution in [0.4, 0.5) is 11.4 Å². The zero-order chi connectivity index (χ0) is 22.4. The molecule has 1 amide bonds. The lowest BCUT2D eigenvalue weighted by Gasteiger charge is -2.30. The summed E-state index contributed by atoms with van der Waals surface area (Å²) >= 11 is 0. The molecule has 0 fully saturated rings. The van der Waals surface area contributed by atoms with Gasteiger partial charge in [0, 0.05) is 18.1 Å². The first-order valence-electron chi connectivity index (χ1n) is 10.1. The van der Waals surface area contributed by atoms with Gasteiger partial charge < -0.3 is 5.32 Å². The number of nitrogens with zero attached hydrogens (tertiary/aromatic N) is 2. The van der Waals surface area contributed by atoms with Crippen molar-refractivity contribution in [3.05, 3.63) is 89.7 Å². The summed E-state index contributed by atoms with van der Waals surface area (Å²) < 4.78 is 26.3. The summed E-state index contributed by atoms with van der Waals surface area (Å²) in [6.07, 6.45) is 5.75. The summed E-state index contributed by atoms with van der Waals surface area (Å²) in [5, 5.41) is 2.86. The SMILES string of the molecule is CC[C@@H](C(=O)Nc1ccc(Cc2ccncc2)cc1)N(c1ccc(C)cc1)S(C)(=O)=O. The fourth-order valence-corrected chi connectivity index (χ4v) is 4.63. The third-order valence-corrected chi connectivity index (χ3v) is 6.18. The quantitative estimate of drug-likeness (QED) is 0.574.